The summed E-state index contributed by atoms with van der Waals surface area (Å²) in [5.74, 6) is 0.851. The van der Waals surface area contributed by atoms with Crippen LogP contribution in [0.15, 0.2) is 72.8 Å². The number of nitrogens with zero attached hydrogens (tertiary/aromatic N) is 2. The van der Waals surface area contributed by atoms with E-state index < -0.39 is 0 Å². The number of hydrogen-bond donors (Lipinski definition) is 1. The standard InChI is InChI=1S/C26H21Cl2N3O2/c1-26(2)15-18-13-21(11-12-24(18)33-26)29-25(32)31-23(17-5-9-20(28)10-6-17)14-22(30-31)16-3-7-19(27)8-4-16/h3-14H,15H2,1-2H3,(H,29,32). The fraction of sp³-hybridized carbons (Fsp3) is 0.154. The molecule has 0 atom stereocenters. The number of rotatable bonds is 3. The molecule has 0 radical (unpaired) electrons. The highest BCUT2D eigenvalue weighted by atomic mass is 35.5. The van der Waals surface area contributed by atoms with Gasteiger partial charge in [-0.15, -0.1) is 0 Å². The van der Waals surface area contributed by atoms with Gasteiger partial charge in [-0.2, -0.15) is 9.78 Å². The third-order valence-corrected chi connectivity index (χ3v) is 6.00. The van der Waals surface area contributed by atoms with E-state index in [-0.39, 0.29) is 11.6 Å². The van der Waals surface area contributed by atoms with Crippen LogP contribution in [0.5, 0.6) is 5.75 Å². The van der Waals surface area contributed by atoms with Crippen molar-refractivity contribution in [3.05, 3.63) is 88.4 Å². The van der Waals surface area contributed by atoms with Crippen molar-refractivity contribution in [2.24, 2.45) is 0 Å². The van der Waals surface area contributed by atoms with Crippen molar-refractivity contribution in [2.75, 3.05) is 5.32 Å². The van der Waals surface area contributed by atoms with Crippen molar-refractivity contribution >= 4 is 34.9 Å². The molecule has 0 saturated heterocycles. The van der Waals surface area contributed by atoms with Crippen LogP contribution in [0.2, 0.25) is 10.0 Å². The van der Waals surface area contributed by atoms with Crippen LogP contribution in [0.3, 0.4) is 0 Å². The van der Waals surface area contributed by atoms with Crippen LogP contribution in [0.1, 0.15) is 19.4 Å². The van der Waals surface area contributed by atoms with Gasteiger partial charge in [-0.1, -0.05) is 47.5 Å². The zero-order valence-corrected chi connectivity index (χ0v) is 19.6. The van der Waals surface area contributed by atoms with Crippen LogP contribution in [0.25, 0.3) is 22.5 Å². The largest absolute Gasteiger partial charge is 0.487 e. The molecule has 0 spiro atoms. The maximum atomic E-state index is 13.3. The van der Waals surface area contributed by atoms with Crippen molar-refractivity contribution in [3.8, 4) is 28.3 Å². The molecule has 2 heterocycles. The molecule has 5 nitrogen and oxygen atoms in total. The van der Waals surface area contributed by atoms with Gasteiger partial charge in [0.15, 0.2) is 0 Å². The SMILES string of the molecule is CC1(C)Cc2cc(NC(=O)n3nc(-c4ccc(Cl)cc4)cc3-c3ccc(Cl)cc3)ccc2O1. The Labute approximate surface area is 201 Å². The Morgan fingerprint density at radius 3 is 2.24 bits per heavy atom. The molecule has 1 amide bonds. The molecule has 5 rings (SSSR count). The average molecular weight is 478 g/mol. The minimum atomic E-state index is -0.363. The van der Waals surface area contributed by atoms with Crippen molar-refractivity contribution in [2.45, 2.75) is 25.9 Å². The highest BCUT2D eigenvalue weighted by Crippen LogP contribution is 2.36. The van der Waals surface area contributed by atoms with E-state index in [0.29, 0.717) is 27.1 Å². The van der Waals surface area contributed by atoms with Gasteiger partial charge in [-0.25, -0.2) is 4.79 Å². The lowest BCUT2D eigenvalue weighted by molar-refractivity contribution is 0.138. The van der Waals surface area contributed by atoms with Gasteiger partial charge in [0.25, 0.3) is 0 Å². The second-order valence-corrected chi connectivity index (χ2v) is 9.50. The van der Waals surface area contributed by atoms with Crippen LogP contribution >= 0.6 is 23.2 Å². The molecular weight excluding hydrogens is 457 g/mol. The van der Waals surface area contributed by atoms with Crippen LogP contribution in [-0.2, 0) is 6.42 Å². The smallest absolute Gasteiger partial charge is 0.347 e. The highest BCUT2D eigenvalue weighted by Gasteiger charge is 2.30. The third-order valence-electron chi connectivity index (χ3n) is 5.50. The van der Waals surface area contributed by atoms with E-state index in [9.17, 15) is 4.79 Å². The monoisotopic (exact) mass is 477 g/mol. The normalized spacial score (nSPS) is 13.9. The Morgan fingerprint density at radius 2 is 1.58 bits per heavy atom. The first-order valence-electron chi connectivity index (χ1n) is 10.5. The summed E-state index contributed by atoms with van der Waals surface area (Å²) in [5.41, 5.74) is 4.51. The molecule has 3 aromatic carbocycles. The molecule has 1 aliphatic rings. The summed E-state index contributed by atoms with van der Waals surface area (Å²) in [5, 5.41) is 8.83. The maximum Gasteiger partial charge on any atom is 0.347 e. The van der Waals surface area contributed by atoms with Gasteiger partial charge < -0.3 is 10.1 Å². The average Bonchev–Trinajstić information content (AvgIpc) is 3.34. The van der Waals surface area contributed by atoms with E-state index in [0.717, 1.165) is 28.9 Å². The first-order valence-corrected chi connectivity index (χ1v) is 11.3. The Kier molecular flexibility index (Phi) is 5.39. The van der Waals surface area contributed by atoms with Crippen LogP contribution in [0.4, 0.5) is 10.5 Å². The zero-order chi connectivity index (χ0) is 23.2. The zero-order valence-electron chi connectivity index (χ0n) is 18.1. The Bertz CT molecular complexity index is 1340. The number of aromatic nitrogens is 2. The molecule has 0 unspecified atom stereocenters. The van der Waals surface area contributed by atoms with E-state index in [1.54, 1.807) is 24.3 Å². The molecule has 0 aliphatic carbocycles. The molecule has 0 bridgehead atoms. The number of anilines is 1. The number of ether oxygens (including phenoxy) is 1. The van der Waals surface area contributed by atoms with Gasteiger partial charge in [0.05, 0.1) is 11.4 Å². The number of benzene rings is 3. The fourth-order valence-electron chi connectivity index (χ4n) is 3.99. The summed E-state index contributed by atoms with van der Waals surface area (Å²) < 4.78 is 7.31. The minimum absolute atomic E-state index is 0.248. The quantitative estimate of drug-likeness (QED) is 0.336. The molecule has 1 aromatic heterocycles. The third kappa shape index (κ3) is 4.47. The summed E-state index contributed by atoms with van der Waals surface area (Å²) in [4.78, 5) is 13.3. The summed E-state index contributed by atoms with van der Waals surface area (Å²) in [6.45, 7) is 4.09. The fourth-order valence-corrected chi connectivity index (χ4v) is 4.24. The summed E-state index contributed by atoms with van der Waals surface area (Å²) >= 11 is 12.1. The number of hydrogen-bond acceptors (Lipinski definition) is 3. The first-order chi connectivity index (χ1) is 15.8. The van der Waals surface area contributed by atoms with E-state index >= 15 is 0 Å². The van der Waals surface area contributed by atoms with Crippen molar-refractivity contribution in [1.82, 2.24) is 9.78 Å². The summed E-state index contributed by atoms with van der Waals surface area (Å²) in [6, 6.07) is 21.8. The van der Waals surface area contributed by atoms with Crippen LogP contribution in [-0.4, -0.2) is 21.4 Å². The second kappa shape index (κ2) is 8.25. The van der Waals surface area contributed by atoms with Gasteiger partial charge in [-0.3, -0.25) is 0 Å². The molecular formula is C26H21Cl2N3O2. The molecule has 4 aromatic rings. The van der Waals surface area contributed by atoms with Crippen molar-refractivity contribution in [3.63, 3.8) is 0 Å². The number of amides is 1. The van der Waals surface area contributed by atoms with Gasteiger partial charge in [0.2, 0.25) is 0 Å². The number of carbonyl (C=O) groups excluding carboxylic acids is 1. The Morgan fingerprint density at radius 1 is 0.939 bits per heavy atom. The topological polar surface area (TPSA) is 56.2 Å². The summed E-state index contributed by atoms with van der Waals surface area (Å²) in [7, 11) is 0. The number of fused-ring (bicyclic) bond motifs is 1. The molecule has 0 fully saturated rings. The molecule has 33 heavy (non-hydrogen) atoms. The van der Waals surface area contributed by atoms with Crippen LogP contribution in [0, 0.1) is 0 Å². The van der Waals surface area contributed by atoms with Crippen molar-refractivity contribution < 1.29 is 9.53 Å². The minimum Gasteiger partial charge on any atom is -0.487 e. The van der Waals surface area contributed by atoms with E-state index in [1.807, 2.05) is 62.4 Å². The Hall–Kier alpha value is -3.28. The predicted octanol–water partition coefficient (Wildman–Crippen LogP) is 7.32. The lowest BCUT2D eigenvalue weighted by Gasteiger charge is -2.16. The lowest BCUT2D eigenvalue weighted by Crippen LogP contribution is -2.24. The molecule has 7 heteroatoms. The second-order valence-electron chi connectivity index (χ2n) is 8.63. The van der Waals surface area contributed by atoms with Gasteiger partial charge in [0.1, 0.15) is 11.4 Å². The van der Waals surface area contributed by atoms with E-state index in [1.165, 1.54) is 4.68 Å². The number of halogens is 2. The Balaban J connectivity index is 1.50. The van der Waals surface area contributed by atoms with Crippen molar-refractivity contribution in [1.29, 1.82) is 0 Å². The van der Waals surface area contributed by atoms with E-state index in [2.05, 4.69) is 10.4 Å². The first kappa shape index (κ1) is 21.6. The molecule has 1 aliphatic heterocycles. The van der Waals surface area contributed by atoms with E-state index in [4.69, 9.17) is 27.9 Å². The molecule has 0 saturated carbocycles. The predicted molar refractivity (Wildman–Crippen MR) is 132 cm³/mol. The van der Waals surface area contributed by atoms with Gasteiger partial charge >= 0.3 is 6.03 Å². The van der Waals surface area contributed by atoms with Gasteiger partial charge in [-0.05, 0) is 62.4 Å². The molecule has 1 N–H and O–H groups in total. The summed E-state index contributed by atoms with van der Waals surface area (Å²) in [6.07, 6.45) is 0.782. The number of carbonyl (C=O) groups is 1. The molecule has 166 valence electrons. The highest BCUT2D eigenvalue weighted by molar-refractivity contribution is 6.30. The maximum absolute atomic E-state index is 13.3. The lowest BCUT2D eigenvalue weighted by atomic mass is 10.0. The van der Waals surface area contributed by atoms with Gasteiger partial charge in [0, 0.05) is 38.8 Å². The van der Waals surface area contributed by atoms with Crippen LogP contribution < -0.4 is 10.1 Å². The number of nitrogens with one attached hydrogen (secondary N) is 1.